The minimum atomic E-state index is -0.696. The van der Waals surface area contributed by atoms with Crippen LogP contribution in [0.15, 0.2) is 16.6 Å². The number of benzene rings is 1. The molecule has 0 amide bonds. The molecule has 5 nitrogen and oxygen atoms in total. The molecule has 0 spiro atoms. The Labute approximate surface area is 162 Å². The van der Waals surface area contributed by atoms with E-state index in [0.717, 1.165) is 40.8 Å². The third-order valence-electron chi connectivity index (χ3n) is 5.57. The summed E-state index contributed by atoms with van der Waals surface area (Å²) in [6.45, 7) is 1.76. The molecule has 0 radical (unpaired) electrons. The summed E-state index contributed by atoms with van der Waals surface area (Å²) in [6.07, 6.45) is 5.48. The monoisotopic (exact) mass is 431 g/mol. The summed E-state index contributed by atoms with van der Waals surface area (Å²) in [6, 6.07) is 3.94. The zero-order chi connectivity index (χ0) is 16.7. The van der Waals surface area contributed by atoms with E-state index in [4.69, 9.17) is 9.47 Å². The van der Waals surface area contributed by atoms with Crippen molar-refractivity contribution in [2.24, 2.45) is 5.92 Å². The molecule has 1 saturated heterocycles. The van der Waals surface area contributed by atoms with E-state index in [2.05, 4.69) is 20.8 Å². The molecule has 3 unspecified atom stereocenters. The topological polar surface area (TPSA) is 59.0 Å². The van der Waals surface area contributed by atoms with E-state index in [-0.39, 0.29) is 18.4 Å². The highest BCUT2D eigenvalue weighted by Crippen LogP contribution is 2.42. The standard InChI is InChI=1S/C18H22BrNO4.ClH/c19-13-9-17-16(23-5-6-24-17)8-12(13)10-20-14-4-2-1-3-11(14)7-15(20)18(21)22;/h8-9,11,14-15H,1-7,10H2,(H,21,22);1H. The lowest BCUT2D eigenvalue weighted by molar-refractivity contribution is -0.142. The van der Waals surface area contributed by atoms with Gasteiger partial charge in [-0.1, -0.05) is 28.8 Å². The molecule has 2 aliphatic heterocycles. The number of aliphatic carboxylic acids is 1. The molecule has 1 N–H and O–H groups in total. The summed E-state index contributed by atoms with van der Waals surface area (Å²) in [5, 5.41) is 9.67. The first-order valence-electron chi connectivity index (χ1n) is 8.70. The van der Waals surface area contributed by atoms with E-state index in [9.17, 15) is 9.90 Å². The number of rotatable bonds is 3. The Morgan fingerprint density at radius 3 is 2.60 bits per heavy atom. The van der Waals surface area contributed by atoms with Crippen LogP contribution in [-0.2, 0) is 11.3 Å². The molecule has 3 aliphatic rings. The molecule has 0 bridgehead atoms. The SMILES string of the molecule is Cl.O=C(O)C1CC2CCCCC2N1Cc1cc2c(cc1Br)OCCO2. The Kier molecular flexibility index (Phi) is 5.81. The van der Waals surface area contributed by atoms with Gasteiger partial charge in [0.1, 0.15) is 19.3 Å². The van der Waals surface area contributed by atoms with Gasteiger partial charge in [0, 0.05) is 17.1 Å². The lowest BCUT2D eigenvalue weighted by Gasteiger charge is -2.33. The molecule has 138 valence electrons. The number of hydrogen-bond donors (Lipinski definition) is 1. The highest BCUT2D eigenvalue weighted by atomic mass is 79.9. The van der Waals surface area contributed by atoms with E-state index in [0.29, 0.717) is 31.7 Å². The number of carboxylic acid groups (broad SMARTS) is 1. The van der Waals surface area contributed by atoms with Crippen LogP contribution in [0.5, 0.6) is 11.5 Å². The van der Waals surface area contributed by atoms with Crippen molar-refractivity contribution in [1.29, 1.82) is 0 Å². The van der Waals surface area contributed by atoms with Crippen LogP contribution in [0.25, 0.3) is 0 Å². The normalized spacial score (nSPS) is 28.1. The predicted molar refractivity (Wildman–Crippen MR) is 99.7 cm³/mol. The maximum absolute atomic E-state index is 11.8. The number of halogens is 2. The molecule has 25 heavy (non-hydrogen) atoms. The van der Waals surface area contributed by atoms with Gasteiger partial charge in [0.25, 0.3) is 0 Å². The van der Waals surface area contributed by atoms with Crippen molar-refractivity contribution < 1.29 is 19.4 Å². The van der Waals surface area contributed by atoms with E-state index in [1.54, 1.807) is 0 Å². The molecule has 1 aromatic rings. The van der Waals surface area contributed by atoms with Gasteiger partial charge >= 0.3 is 5.97 Å². The largest absolute Gasteiger partial charge is 0.486 e. The second kappa shape index (κ2) is 7.72. The van der Waals surface area contributed by atoms with Crippen LogP contribution in [0.1, 0.15) is 37.7 Å². The maximum Gasteiger partial charge on any atom is 0.320 e. The molecule has 0 aromatic heterocycles. The molecular formula is C18H23BrClNO4. The predicted octanol–water partition coefficient (Wildman–Crippen LogP) is 3.86. The summed E-state index contributed by atoms with van der Waals surface area (Å²) in [4.78, 5) is 14.0. The van der Waals surface area contributed by atoms with Crippen molar-refractivity contribution in [3.8, 4) is 11.5 Å². The smallest absolute Gasteiger partial charge is 0.320 e. The van der Waals surface area contributed by atoms with Gasteiger partial charge in [-0.05, 0) is 42.9 Å². The summed E-state index contributed by atoms with van der Waals surface area (Å²) >= 11 is 3.62. The van der Waals surface area contributed by atoms with Crippen LogP contribution in [0.3, 0.4) is 0 Å². The average Bonchev–Trinajstić information content (AvgIpc) is 2.95. The molecule has 4 rings (SSSR count). The molecule has 2 heterocycles. The number of carbonyl (C=O) groups is 1. The fourth-order valence-electron chi connectivity index (χ4n) is 4.45. The lowest BCUT2D eigenvalue weighted by atomic mass is 9.84. The summed E-state index contributed by atoms with van der Waals surface area (Å²) in [7, 11) is 0. The van der Waals surface area contributed by atoms with Gasteiger partial charge in [0.05, 0.1) is 0 Å². The molecule has 1 saturated carbocycles. The van der Waals surface area contributed by atoms with Gasteiger partial charge in [-0.25, -0.2) is 0 Å². The van der Waals surface area contributed by atoms with Gasteiger partial charge in [0.15, 0.2) is 11.5 Å². The Morgan fingerprint density at radius 1 is 1.20 bits per heavy atom. The molecule has 1 aliphatic carbocycles. The van der Waals surface area contributed by atoms with Crippen molar-refractivity contribution in [2.75, 3.05) is 13.2 Å². The van der Waals surface area contributed by atoms with E-state index < -0.39 is 5.97 Å². The van der Waals surface area contributed by atoms with Crippen molar-refractivity contribution in [2.45, 2.75) is 50.7 Å². The highest BCUT2D eigenvalue weighted by Gasteiger charge is 2.45. The van der Waals surface area contributed by atoms with Crippen LogP contribution in [0, 0.1) is 5.92 Å². The van der Waals surface area contributed by atoms with Gasteiger partial charge in [-0.15, -0.1) is 12.4 Å². The van der Waals surface area contributed by atoms with Crippen molar-refractivity contribution in [3.05, 3.63) is 22.2 Å². The fraction of sp³-hybridized carbons (Fsp3) is 0.611. The summed E-state index contributed by atoms with van der Waals surface area (Å²) in [5.41, 5.74) is 1.07. The Hall–Kier alpha value is -0.980. The van der Waals surface area contributed by atoms with E-state index in [1.165, 1.54) is 12.8 Å². The van der Waals surface area contributed by atoms with Crippen LogP contribution < -0.4 is 9.47 Å². The van der Waals surface area contributed by atoms with Crippen LogP contribution in [0.2, 0.25) is 0 Å². The number of carboxylic acids is 1. The molecule has 2 fully saturated rings. The average molecular weight is 433 g/mol. The number of ether oxygens (including phenoxy) is 2. The first kappa shape index (κ1) is 18.8. The first-order valence-corrected chi connectivity index (χ1v) is 9.49. The van der Waals surface area contributed by atoms with Crippen LogP contribution in [0.4, 0.5) is 0 Å². The number of fused-ring (bicyclic) bond motifs is 2. The van der Waals surface area contributed by atoms with Crippen LogP contribution in [-0.4, -0.2) is 41.3 Å². The molecule has 3 atom stereocenters. The van der Waals surface area contributed by atoms with Crippen molar-refractivity contribution in [3.63, 3.8) is 0 Å². The maximum atomic E-state index is 11.8. The second-order valence-corrected chi connectivity index (χ2v) is 7.82. The molecular weight excluding hydrogens is 410 g/mol. The quantitative estimate of drug-likeness (QED) is 0.786. The Morgan fingerprint density at radius 2 is 1.88 bits per heavy atom. The van der Waals surface area contributed by atoms with Gasteiger partial charge in [-0.3, -0.25) is 9.69 Å². The lowest BCUT2D eigenvalue weighted by Crippen LogP contribution is -2.41. The summed E-state index contributed by atoms with van der Waals surface area (Å²) < 4.78 is 12.2. The second-order valence-electron chi connectivity index (χ2n) is 6.96. The highest BCUT2D eigenvalue weighted by molar-refractivity contribution is 9.10. The third-order valence-corrected chi connectivity index (χ3v) is 6.31. The fourth-order valence-corrected chi connectivity index (χ4v) is 4.89. The number of likely N-dealkylation sites (tertiary alicyclic amines) is 1. The molecule has 7 heteroatoms. The number of hydrogen-bond acceptors (Lipinski definition) is 4. The Balaban J connectivity index is 0.00000182. The van der Waals surface area contributed by atoms with Gasteiger partial charge in [-0.2, -0.15) is 0 Å². The minimum Gasteiger partial charge on any atom is -0.486 e. The zero-order valence-corrected chi connectivity index (χ0v) is 16.4. The summed E-state index contributed by atoms with van der Waals surface area (Å²) in [5.74, 6) is 1.34. The van der Waals surface area contributed by atoms with E-state index >= 15 is 0 Å². The van der Waals surface area contributed by atoms with Crippen molar-refractivity contribution in [1.82, 2.24) is 4.90 Å². The number of nitrogens with zero attached hydrogens (tertiary/aromatic N) is 1. The third kappa shape index (κ3) is 3.62. The van der Waals surface area contributed by atoms with Crippen LogP contribution >= 0.6 is 28.3 Å². The minimum absolute atomic E-state index is 0. The van der Waals surface area contributed by atoms with Gasteiger partial charge < -0.3 is 14.6 Å². The Bertz CT molecular complexity index is 656. The van der Waals surface area contributed by atoms with Gasteiger partial charge in [0.2, 0.25) is 0 Å². The zero-order valence-electron chi connectivity index (χ0n) is 13.9. The van der Waals surface area contributed by atoms with E-state index in [1.807, 2.05) is 12.1 Å². The van der Waals surface area contributed by atoms with Crippen molar-refractivity contribution >= 4 is 34.3 Å². The molecule has 1 aromatic carbocycles. The first-order chi connectivity index (χ1) is 11.6.